The molecule has 1 aliphatic rings. The summed E-state index contributed by atoms with van der Waals surface area (Å²) in [6, 6.07) is 10.2. The third-order valence-electron chi connectivity index (χ3n) is 3.91. The normalized spacial score (nSPS) is 17.2. The van der Waals surface area contributed by atoms with E-state index in [1.807, 2.05) is 12.1 Å². The van der Waals surface area contributed by atoms with Crippen LogP contribution in [0.25, 0.3) is 11.1 Å². The number of fused-ring (bicyclic) bond motifs is 1. The van der Waals surface area contributed by atoms with Crippen LogP contribution >= 0.6 is 0 Å². The maximum absolute atomic E-state index is 13.8. The highest BCUT2D eigenvalue weighted by molar-refractivity contribution is 5.66. The fraction of sp³-hybridized carbons (Fsp3) is 0.294. The molecular formula is C17H17F2N. The smallest absolute Gasteiger partial charge is 0.133 e. The SMILES string of the molecule is CCNC1CCc2cc(-c3ccc(F)cc3F)ccc21. The minimum atomic E-state index is -0.542. The van der Waals surface area contributed by atoms with Crippen molar-refractivity contribution in [1.29, 1.82) is 0 Å². The number of benzene rings is 2. The van der Waals surface area contributed by atoms with Crippen LogP contribution in [0.3, 0.4) is 0 Å². The van der Waals surface area contributed by atoms with E-state index in [1.165, 1.54) is 23.3 Å². The van der Waals surface area contributed by atoms with E-state index in [-0.39, 0.29) is 0 Å². The molecule has 0 aromatic heterocycles. The highest BCUT2D eigenvalue weighted by Crippen LogP contribution is 2.34. The van der Waals surface area contributed by atoms with Crippen LogP contribution in [0.1, 0.15) is 30.5 Å². The monoisotopic (exact) mass is 273 g/mol. The fourth-order valence-electron chi connectivity index (χ4n) is 2.97. The number of rotatable bonds is 3. The molecule has 0 bridgehead atoms. The summed E-state index contributed by atoms with van der Waals surface area (Å²) in [4.78, 5) is 0. The third-order valence-corrected chi connectivity index (χ3v) is 3.91. The van der Waals surface area contributed by atoms with E-state index in [1.54, 1.807) is 0 Å². The lowest BCUT2D eigenvalue weighted by atomic mass is 9.99. The standard InChI is InChI=1S/C17H17F2N/c1-2-20-17-8-4-12-9-11(3-6-15(12)17)14-7-5-13(18)10-16(14)19/h3,5-7,9-10,17,20H,2,4,8H2,1H3. The molecule has 2 aromatic rings. The van der Waals surface area contributed by atoms with Gasteiger partial charge in [-0.15, -0.1) is 0 Å². The summed E-state index contributed by atoms with van der Waals surface area (Å²) in [6.07, 6.45) is 2.09. The number of hydrogen-bond acceptors (Lipinski definition) is 1. The molecule has 0 spiro atoms. The second-order valence-corrected chi connectivity index (χ2v) is 5.19. The first kappa shape index (κ1) is 13.3. The Kier molecular flexibility index (Phi) is 3.53. The highest BCUT2D eigenvalue weighted by Gasteiger charge is 2.22. The number of nitrogens with one attached hydrogen (secondary N) is 1. The van der Waals surface area contributed by atoms with E-state index in [2.05, 4.69) is 18.3 Å². The van der Waals surface area contributed by atoms with Gasteiger partial charge in [-0.3, -0.25) is 0 Å². The first-order valence-corrected chi connectivity index (χ1v) is 7.00. The molecule has 0 radical (unpaired) electrons. The minimum absolute atomic E-state index is 0.405. The van der Waals surface area contributed by atoms with Crippen LogP contribution in [0.5, 0.6) is 0 Å². The van der Waals surface area contributed by atoms with Gasteiger partial charge >= 0.3 is 0 Å². The van der Waals surface area contributed by atoms with Gasteiger partial charge in [0, 0.05) is 17.7 Å². The molecule has 1 aliphatic carbocycles. The molecule has 0 saturated carbocycles. The van der Waals surface area contributed by atoms with Crippen LogP contribution in [0.4, 0.5) is 8.78 Å². The Balaban J connectivity index is 1.97. The van der Waals surface area contributed by atoms with Crippen molar-refractivity contribution in [3.63, 3.8) is 0 Å². The Morgan fingerprint density at radius 1 is 1.15 bits per heavy atom. The highest BCUT2D eigenvalue weighted by atomic mass is 19.1. The average molecular weight is 273 g/mol. The first-order valence-electron chi connectivity index (χ1n) is 7.00. The zero-order valence-corrected chi connectivity index (χ0v) is 11.4. The summed E-state index contributed by atoms with van der Waals surface area (Å²) >= 11 is 0. The van der Waals surface area contributed by atoms with Crippen molar-refractivity contribution in [1.82, 2.24) is 5.32 Å². The van der Waals surface area contributed by atoms with E-state index in [0.29, 0.717) is 11.6 Å². The van der Waals surface area contributed by atoms with Gasteiger partial charge in [-0.25, -0.2) is 8.78 Å². The quantitative estimate of drug-likeness (QED) is 0.882. The molecule has 1 unspecified atom stereocenters. The summed E-state index contributed by atoms with van der Waals surface area (Å²) < 4.78 is 26.8. The Morgan fingerprint density at radius 2 is 2.00 bits per heavy atom. The van der Waals surface area contributed by atoms with Crippen molar-refractivity contribution in [2.45, 2.75) is 25.8 Å². The van der Waals surface area contributed by atoms with E-state index in [0.717, 1.165) is 31.0 Å². The molecule has 104 valence electrons. The van der Waals surface area contributed by atoms with E-state index in [4.69, 9.17) is 0 Å². The van der Waals surface area contributed by atoms with Crippen LogP contribution in [0.15, 0.2) is 36.4 Å². The Labute approximate surface area is 117 Å². The molecule has 0 saturated heterocycles. The van der Waals surface area contributed by atoms with Crippen LogP contribution in [0, 0.1) is 11.6 Å². The van der Waals surface area contributed by atoms with Crippen molar-refractivity contribution in [2.75, 3.05) is 6.54 Å². The molecular weight excluding hydrogens is 256 g/mol. The van der Waals surface area contributed by atoms with Gasteiger partial charge in [0.25, 0.3) is 0 Å². The van der Waals surface area contributed by atoms with Crippen molar-refractivity contribution in [3.05, 3.63) is 59.2 Å². The van der Waals surface area contributed by atoms with Gasteiger partial charge in [0.15, 0.2) is 0 Å². The topological polar surface area (TPSA) is 12.0 Å². The second kappa shape index (κ2) is 5.33. The molecule has 0 amide bonds. The van der Waals surface area contributed by atoms with Gasteiger partial charge in [0.2, 0.25) is 0 Å². The molecule has 1 N–H and O–H groups in total. The lowest BCUT2D eigenvalue weighted by Gasteiger charge is -2.13. The molecule has 3 rings (SSSR count). The Hall–Kier alpha value is -1.74. The van der Waals surface area contributed by atoms with Crippen molar-refractivity contribution >= 4 is 0 Å². The number of hydrogen-bond donors (Lipinski definition) is 1. The van der Waals surface area contributed by atoms with E-state index < -0.39 is 11.6 Å². The van der Waals surface area contributed by atoms with Gasteiger partial charge in [0.05, 0.1) is 0 Å². The first-order chi connectivity index (χ1) is 9.69. The molecule has 0 aliphatic heterocycles. The second-order valence-electron chi connectivity index (χ2n) is 5.19. The van der Waals surface area contributed by atoms with Crippen molar-refractivity contribution in [2.24, 2.45) is 0 Å². The van der Waals surface area contributed by atoms with Gasteiger partial charge < -0.3 is 5.32 Å². The van der Waals surface area contributed by atoms with Gasteiger partial charge in [-0.05, 0) is 48.2 Å². The lowest BCUT2D eigenvalue weighted by Crippen LogP contribution is -2.18. The van der Waals surface area contributed by atoms with Crippen molar-refractivity contribution in [3.8, 4) is 11.1 Å². The molecule has 1 nitrogen and oxygen atoms in total. The molecule has 0 heterocycles. The van der Waals surface area contributed by atoms with Crippen LogP contribution < -0.4 is 5.32 Å². The summed E-state index contributed by atoms with van der Waals surface area (Å²) in [7, 11) is 0. The summed E-state index contributed by atoms with van der Waals surface area (Å²) in [5, 5.41) is 3.46. The van der Waals surface area contributed by atoms with E-state index in [9.17, 15) is 8.78 Å². The molecule has 2 aromatic carbocycles. The Morgan fingerprint density at radius 3 is 2.75 bits per heavy atom. The van der Waals surface area contributed by atoms with Gasteiger partial charge in [0.1, 0.15) is 11.6 Å². The fourth-order valence-corrected chi connectivity index (χ4v) is 2.97. The van der Waals surface area contributed by atoms with Crippen LogP contribution in [0.2, 0.25) is 0 Å². The molecule has 3 heteroatoms. The molecule has 20 heavy (non-hydrogen) atoms. The number of halogens is 2. The third kappa shape index (κ3) is 2.34. The predicted molar refractivity (Wildman–Crippen MR) is 76.5 cm³/mol. The molecule has 1 atom stereocenters. The molecule has 0 fully saturated rings. The maximum Gasteiger partial charge on any atom is 0.133 e. The summed E-state index contributed by atoms with van der Waals surface area (Å²) in [6.45, 7) is 3.04. The summed E-state index contributed by atoms with van der Waals surface area (Å²) in [5.41, 5.74) is 3.84. The number of aryl methyl sites for hydroxylation is 1. The van der Waals surface area contributed by atoms with Crippen molar-refractivity contribution < 1.29 is 8.78 Å². The maximum atomic E-state index is 13.8. The predicted octanol–water partition coefficient (Wildman–Crippen LogP) is 4.23. The average Bonchev–Trinajstić information content (AvgIpc) is 2.82. The largest absolute Gasteiger partial charge is 0.310 e. The van der Waals surface area contributed by atoms with Crippen LogP contribution in [-0.4, -0.2) is 6.54 Å². The van der Waals surface area contributed by atoms with Crippen LogP contribution in [-0.2, 0) is 6.42 Å². The van der Waals surface area contributed by atoms with Gasteiger partial charge in [-0.1, -0.05) is 25.1 Å². The Bertz CT molecular complexity index is 637. The van der Waals surface area contributed by atoms with E-state index >= 15 is 0 Å². The zero-order valence-electron chi connectivity index (χ0n) is 11.4. The zero-order chi connectivity index (χ0) is 14.1. The minimum Gasteiger partial charge on any atom is -0.310 e. The summed E-state index contributed by atoms with van der Waals surface area (Å²) in [5.74, 6) is -1.05. The lowest BCUT2D eigenvalue weighted by molar-refractivity contribution is 0.549. The van der Waals surface area contributed by atoms with Gasteiger partial charge in [-0.2, -0.15) is 0 Å².